The number of imidazole rings is 1. The summed E-state index contributed by atoms with van der Waals surface area (Å²) in [5.41, 5.74) is 3.28. The van der Waals surface area contributed by atoms with E-state index < -0.39 is 0 Å². The van der Waals surface area contributed by atoms with Crippen molar-refractivity contribution in [2.45, 2.75) is 13.3 Å². The summed E-state index contributed by atoms with van der Waals surface area (Å²) in [4.78, 5) is 11.1. The third-order valence-electron chi connectivity index (χ3n) is 4.40. The lowest BCUT2D eigenvalue weighted by molar-refractivity contribution is 0.281. The smallest absolute Gasteiger partial charge is 0.193 e. The van der Waals surface area contributed by atoms with Crippen LogP contribution >= 0.6 is 24.0 Å². The zero-order valence-corrected chi connectivity index (χ0v) is 19.0. The van der Waals surface area contributed by atoms with E-state index in [9.17, 15) is 0 Å². The van der Waals surface area contributed by atoms with Crippen molar-refractivity contribution in [1.82, 2.24) is 19.6 Å². The predicted octanol–water partition coefficient (Wildman–Crippen LogP) is 3.39. The minimum Gasteiger partial charge on any atom is -0.492 e. The van der Waals surface area contributed by atoms with Gasteiger partial charge in [0.1, 0.15) is 18.0 Å². The van der Waals surface area contributed by atoms with E-state index in [1.807, 2.05) is 49.6 Å². The van der Waals surface area contributed by atoms with Gasteiger partial charge >= 0.3 is 0 Å². The van der Waals surface area contributed by atoms with Gasteiger partial charge in [0.2, 0.25) is 0 Å². The number of rotatable bonds is 7. The fourth-order valence-electron chi connectivity index (χ4n) is 2.93. The number of aryl methyl sites for hydroxylation is 1. The number of likely N-dealkylation sites (N-methyl/N-ethyl adjacent to an activating group) is 1. The highest BCUT2D eigenvalue weighted by molar-refractivity contribution is 14.0. The SMILES string of the molecule is CN=C(NCCc1cn2cccc(C)c2n1)N(C)CCOc1ccccc1.I. The standard InChI is InChI=1S/C21H27N5O.HI/c1-17-8-7-13-26-16-18(24-20(17)26)11-12-23-21(22-2)25(3)14-15-27-19-9-5-4-6-10-19;/h4-10,13,16H,11-12,14-15H2,1-3H3,(H,22,23);1H. The molecule has 0 fully saturated rings. The number of hydrogen-bond donors (Lipinski definition) is 1. The summed E-state index contributed by atoms with van der Waals surface area (Å²) in [5, 5.41) is 3.40. The van der Waals surface area contributed by atoms with Crippen LogP contribution in [-0.2, 0) is 6.42 Å². The molecule has 150 valence electrons. The molecule has 0 saturated carbocycles. The maximum atomic E-state index is 5.75. The number of aromatic nitrogens is 2. The van der Waals surface area contributed by atoms with Crippen molar-refractivity contribution in [3.05, 3.63) is 66.1 Å². The van der Waals surface area contributed by atoms with Crippen molar-refractivity contribution in [3.8, 4) is 5.75 Å². The van der Waals surface area contributed by atoms with E-state index in [0.29, 0.717) is 6.61 Å². The van der Waals surface area contributed by atoms with Crippen LogP contribution < -0.4 is 10.1 Å². The highest BCUT2D eigenvalue weighted by atomic mass is 127. The Morgan fingerprint density at radius 2 is 2.00 bits per heavy atom. The van der Waals surface area contributed by atoms with Crippen LogP contribution in [0.15, 0.2) is 59.9 Å². The molecule has 0 bridgehead atoms. The Hall–Kier alpha value is -2.29. The number of fused-ring (bicyclic) bond motifs is 1. The van der Waals surface area contributed by atoms with Gasteiger partial charge < -0.3 is 19.4 Å². The Balaban J connectivity index is 0.00000280. The molecule has 6 nitrogen and oxygen atoms in total. The van der Waals surface area contributed by atoms with E-state index in [4.69, 9.17) is 9.72 Å². The molecule has 2 heterocycles. The van der Waals surface area contributed by atoms with Gasteiger partial charge in [-0.05, 0) is 30.7 Å². The average molecular weight is 493 g/mol. The first-order chi connectivity index (χ1) is 13.2. The lowest BCUT2D eigenvalue weighted by Gasteiger charge is -2.22. The van der Waals surface area contributed by atoms with Crippen LogP contribution in [0.2, 0.25) is 0 Å². The van der Waals surface area contributed by atoms with Gasteiger partial charge in [0.05, 0.1) is 12.2 Å². The second kappa shape index (κ2) is 10.9. The molecule has 3 aromatic rings. The number of ether oxygens (including phenoxy) is 1. The van der Waals surface area contributed by atoms with Crippen molar-refractivity contribution >= 4 is 35.6 Å². The quantitative estimate of drug-likeness (QED) is 0.312. The van der Waals surface area contributed by atoms with E-state index >= 15 is 0 Å². The molecule has 0 aliphatic heterocycles. The minimum absolute atomic E-state index is 0. The van der Waals surface area contributed by atoms with Gasteiger partial charge in [-0.15, -0.1) is 24.0 Å². The van der Waals surface area contributed by atoms with E-state index in [1.54, 1.807) is 7.05 Å². The summed E-state index contributed by atoms with van der Waals surface area (Å²) < 4.78 is 7.83. The summed E-state index contributed by atoms with van der Waals surface area (Å²) in [5.74, 6) is 1.74. The second-order valence-electron chi connectivity index (χ2n) is 6.46. The number of hydrogen-bond acceptors (Lipinski definition) is 3. The second-order valence-corrected chi connectivity index (χ2v) is 6.46. The fourth-order valence-corrected chi connectivity index (χ4v) is 2.93. The number of aliphatic imine (C=N–C) groups is 1. The zero-order valence-electron chi connectivity index (χ0n) is 16.6. The Morgan fingerprint density at radius 3 is 2.71 bits per heavy atom. The molecule has 0 atom stereocenters. The van der Waals surface area contributed by atoms with Crippen LogP contribution in [0.5, 0.6) is 5.75 Å². The molecule has 1 aromatic carbocycles. The van der Waals surface area contributed by atoms with Crippen molar-refractivity contribution in [1.29, 1.82) is 0 Å². The third kappa shape index (κ3) is 5.85. The number of guanidine groups is 1. The summed E-state index contributed by atoms with van der Waals surface area (Å²) in [7, 11) is 3.81. The summed E-state index contributed by atoms with van der Waals surface area (Å²) >= 11 is 0. The van der Waals surface area contributed by atoms with E-state index in [1.165, 1.54) is 5.56 Å². The molecule has 0 aliphatic carbocycles. The fraction of sp³-hybridized carbons (Fsp3) is 0.333. The monoisotopic (exact) mass is 493 g/mol. The highest BCUT2D eigenvalue weighted by Crippen LogP contribution is 2.10. The third-order valence-corrected chi connectivity index (χ3v) is 4.40. The molecular formula is C21H28IN5O. The Morgan fingerprint density at radius 1 is 1.21 bits per heavy atom. The molecule has 7 heteroatoms. The maximum absolute atomic E-state index is 5.75. The zero-order chi connectivity index (χ0) is 19.1. The molecule has 28 heavy (non-hydrogen) atoms. The van der Waals surface area contributed by atoms with Gasteiger partial charge in [0.25, 0.3) is 0 Å². The number of halogens is 1. The van der Waals surface area contributed by atoms with Crippen molar-refractivity contribution < 1.29 is 4.74 Å². The van der Waals surface area contributed by atoms with Crippen LogP contribution in [0, 0.1) is 6.92 Å². The van der Waals surface area contributed by atoms with Gasteiger partial charge in [-0.1, -0.05) is 24.3 Å². The van der Waals surface area contributed by atoms with Gasteiger partial charge in [-0.2, -0.15) is 0 Å². The topological polar surface area (TPSA) is 54.2 Å². The molecule has 0 saturated heterocycles. The van der Waals surface area contributed by atoms with E-state index in [2.05, 4.69) is 38.8 Å². The number of para-hydroxylation sites is 1. The molecule has 0 spiro atoms. The molecule has 0 amide bonds. The van der Waals surface area contributed by atoms with Gasteiger partial charge in [0.15, 0.2) is 5.96 Å². The first-order valence-corrected chi connectivity index (χ1v) is 9.20. The molecule has 0 unspecified atom stereocenters. The molecular weight excluding hydrogens is 465 g/mol. The van der Waals surface area contributed by atoms with E-state index in [0.717, 1.165) is 42.6 Å². The Labute approximate surface area is 183 Å². The van der Waals surface area contributed by atoms with Gasteiger partial charge in [-0.25, -0.2) is 4.98 Å². The van der Waals surface area contributed by atoms with Crippen LogP contribution in [0.3, 0.4) is 0 Å². The average Bonchev–Trinajstić information content (AvgIpc) is 3.10. The van der Waals surface area contributed by atoms with E-state index in [-0.39, 0.29) is 24.0 Å². The highest BCUT2D eigenvalue weighted by Gasteiger charge is 2.07. The first-order valence-electron chi connectivity index (χ1n) is 9.20. The van der Waals surface area contributed by atoms with Crippen LogP contribution in [0.4, 0.5) is 0 Å². The minimum atomic E-state index is 0. The van der Waals surface area contributed by atoms with Crippen molar-refractivity contribution in [2.24, 2.45) is 4.99 Å². The Kier molecular flexibility index (Phi) is 8.56. The van der Waals surface area contributed by atoms with Crippen molar-refractivity contribution in [2.75, 3.05) is 33.8 Å². The number of nitrogens with zero attached hydrogens (tertiary/aromatic N) is 4. The van der Waals surface area contributed by atoms with Crippen molar-refractivity contribution in [3.63, 3.8) is 0 Å². The van der Waals surface area contributed by atoms with Crippen LogP contribution in [0.1, 0.15) is 11.3 Å². The lowest BCUT2D eigenvalue weighted by Crippen LogP contribution is -2.41. The maximum Gasteiger partial charge on any atom is 0.193 e. The Bertz CT molecular complexity index is 894. The molecule has 0 radical (unpaired) electrons. The molecule has 1 N–H and O–H groups in total. The van der Waals surface area contributed by atoms with Crippen LogP contribution in [0.25, 0.3) is 5.65 Å². The number of nitrogens with one attached hydrogen (secondary N) is 1. The number of benzene rings is 1. The summed E-state index contributed by atoms with van der Waals surface area (Å²) in [6.45, 7) is 4.22. The predicted molar refractivity (Wildman–Crippen MR) is 125 cm³/mol. The van der Waals surface area contributed by atoms with Gasteiger partial charge in [-0.3, -0.25) is 4.99 Å². The largest absolute Gasteiger partial charge is 0.492 e. The normalized spacial score (nSPS) is 11.2. The number of pyridine rings is 1. The molecule has 2 aromatic heterocycles. The molecule has 0 aliphatic rings. The molecule has 3 rings (SSSR count). The lowest BCUT2D eigenvalue weighted by atomic mass is 10.3. The van der Waals surface area contributed by atoms with Gasteiger partial charge in [0, 0.05) is 39.5 Å². The summed E-state index contributed by atoms with van der Waals surface area (Å²) in [6, 6.07) is 14.0. The summed E-state index contributed by atoms with van der Waals surface area (Å²) in [6.07, 6.45) is 4.96. The van der Waals surface area contributed by atoms with Crippen LogP contribution in [-0.4, -0.2) is 54.0 Å². The first kappa shape index (κ1) is 22.0.